The Morgan fingerprint density at radius 2 is 2.00 bits per heavy atom. The van der Waals surface area contributed by atoms with Crippen LogP contribution in [0, 0.1) is 5.92 Å². The van der Waals surface area contributed by atoms with E-state index in [1.807, 2.05) is 30.3 Å². The summed E-state index contributed by atoms with van der Waals surface area (Å²) in [5, 5.41) is 9.58. The topological polar surface area (TPSA) is 80.0 Å². The third-order valence-corrected chi connectivity index (χ3v) is 3.02. The van der Waals surface area contributed by atoms with Gasteiger partial charge in [0.25, 0.3) is 0 Å². The van der Waals surface area contributed by atoms with Crippen molar-refractivity contribution in [2.24, 2.45) is 5.92 Å². The summed E-state index contributed by atoms with van der Waals surface area (Å²) in [4.78, 5) is 15.8. The van der Waals surface area contributed by atoms with Crippen molar-refractivity contribution >= 4 is 6.03 Å². The summed E-state index contributed by atoms with van der Waals surface area (Å²) in [6, 6.07) is 9.56. The van der Waals surface area contributed by atoms with Crippen molar-refractivity contribution in [2.45, 2.75) is 26.7 Å². The van der Waals surface area contributed by atoms with Gasteiger partial charge in [0.05, 0.1) is 0 Å². The molecule has 0 aliphatic heterocycles. The summed E-state index contributed by atoms with van der Waals surface area (Å²) in [6.07, 6.45) is 1.40. The first-order chi connectivity index (χ1) is 10.6. The molecule has 0 aliphatic carbocycles. The number of carbonyl (C=O) groups excluding carboxylic acids is 1. The van der Waals surface area contributed by atoms with Gasteiger partial charge in [-0.05, 0) is 12.3 Å². The second-order valence-electron chi connectivity index (χ2n) is 5.51. The lowest BCUT2D eigenvalue weighted by atomic mass is 10.2. The van der Waals surface area contributed by atoms with Crippen LogP contribution in [0.3, 0.4) is 0 Å². The van der Waals surface area contributed by atoms with Gasteiger partial charge in [0.1, 0.15) is 0 Å². The van der Waals surface area contributed by atoms with E-state index in [0.717, 1.165) is 12.0 Å². The molecule has 6 heteroatoms. The Kier molecular flexibility index (Phi) is 5.94. The van der Waals surface area contributed by atoms with E-state index in [1.165, 1.54) is 0 Å². The summed E-state index contributed by atoms with van der Waals surface area (Å²) in [5.74, 6) is 1.63. The number of nitrogens with one attached hydrogen (secondary N) is 2. The molecule has 2 aromatic rings. The first kappa shape index (κ1) is 16.0. The van der Waals surface area contributed by atoms with Gasteiger partial charge < -0.3 is 15.2 Å². The summed E-state index contributed by atoms with van der Waals surface area (Å²) in [6.45, 7) is 5.36. The quantitative estimate of drug-likeness (QED) is 0.770. The van der Waals surface area contributed by atoms with E-state index in [-0.39, 0.29) is 6.03 Å². The molecule has 0 radical (unpaired) electrons. The van der Waals surface area contributed by atoms with Crippen LogP contribution in [0.5, 0.6) is 0 Å². The van der Waals surface area contributed by atoms with Gasteiger partial charge in [-0.25, -0.2) is 4.79 Å². The lowest BCUT2D eigenvalue weighted by molar-refractivity contribution is 0.239. The molecule has 0 saturated carbocycles. The van der Waals surface area contributed by atoms with Crippen molar-refractivity contribution in [1.29, 1.82) is 0 Å². The Hall–Kier alpha value is -2.37. The summed E-state index contributed by atoms with van der Waals surface area (Å²) >= 11 is 0. The van der Waals surface area contributed by atoms with Gasteiger partial charge in [0.2, 0.25) is 11.7 Å². The van der Waals surface area contributed by atoms with E-state index in [9.17, 15) is 4.79 Å². The van der Waals surface area contributed by atoms with Crippen molar-refractivity contribution in [2.75, 3.05) is 13.1 Å². The van der Waals surface area contributed by atoms with Crippen molar-refractivity contribution in [1.82, 2.24) is 20.8 Å². The molecule has 0 fully saturated rings. The maximum absolute atomic E-state index is 11.5. The molecule has 0 bridgehead atoms. The highest BCUT2D eigenvalue weighted by Crippen LogP contribution is 2.15. The average molecular weight is 302 g/mol. The minimum Gasteiger partial charge on any atom is -0.339 e. The van der Waals surface area contributed by atoms with E-state index >= 15 is 0 Å². The minimum atomic E-state index is -0.135. The lowest BCUT2D eigenvalue weighted by Crippen LogP contribution is -2.37. The standard InChI is InChI=1S/C16H22N4O2/c1-12(2)11-18-16(21)17-10-6-9-14-19-15(20-22-14)13-7-4-3-5-8-13/h3-5,7-8,12H,6,9-11H2,1-2H3,(H2,17,18,21). The van der Waals surface area contributed by atoms with Gasteiger partial charge in [0, 0.05) is 25.1 Å². The van der Waals surface area contributed by atoms with Crippen molar-refractivity contribution in [3.8, 4) is 11.4 Å². The van der Waals surface area contributed by atoms with Gasteiger partial charge in [-0.3, -0.25) is 0 Å². The zero-order valence-electron chi connectivity index (χ0n) is 13.0. The molecule has 6 nitrogen and oxygen atoms in total. The summed E-state index contributed by atoms with van der Waals surface area (Å²) in [7, 11) is 0. The van der Waals surface area contributed by atoms with E-state index in [1.54, 1.807) is 0 Å². The van der Waals surface area contributed by atoms with Crippen LogP contribution in [0.1, 0.15) is 26.2 Å². The molecule has 1 aromatic carbocycles. The second kappa shape index (κ2) is 8.17. The van der Waals surface area contributed by atoms with Crippen molar-refractivity contribution < 1.29 is 9.32 Å². The zero-order chi connectivity index (χ0) is 15.8. The van der Waals surface area contributed by atoms with Crippen LogP contribution >= 0.6 is 0 Å². The van der Waals surface area contributed by atoms with Crippen LogP contribution in [-0.4, -0.2) is 29.3 Å². The zero-order valence-corrected chi connectivity index (χ0v) is 13.0. The van der Waals surface area contributed by atoms with E-state index in [2.05, 4.69) is 34.6 Å². The smallest absolute Gasteiger partial charge is 0.314 e. The van der Waals surface area contributed by atoms with Crippen LogP contribution in [0.15, 0.2) is 34.9 Å². The molecule has 0 aliphatic rings. The number of urea groups is 1. The number of benzene rings is 1. The monoisotopic (exact) mass is 302 g/mol. The Bertz CT molecular complexity index is 581. The highest BCUT2D eigenvalue weighted by molar-refractivity contribution is 5.73. The maximum Gasteiger partial charge on any atom is 0.314 e. The average Bonchev–Trinajstić information content (AvgIpc) is 2.99. The minimum absolute atomic E-state index is 0.135. The molecule has 2 rings (SSSR count). The van der Waals surface area contributed by atoms with Crippen LogP contribution in [0.25, 0.3) is 11.4 Å². The van der Waals surface area contributed by atoms with Gasteiger partial charge in [-0.1, -0.05) is 49.3 Å². The Morgan fingerprint density at radius 1 is 1.23 bits per heavy atom. The molecule has 118 valence electrons. The van der Waals surface area contributed by atoms with E-state index in [4.69, 9.17) is 4.52 Å². The van der Waals surface area contributed by atoms with Crippen molar-refractivity contribution in [3.05, 3.63) is 36.2 Å². The largest absolute Gasteiger partial charge is 0.339 e. The van der Waals surface area contributed by atoms with Gasteiger partial charge in [-0.15, -0.1) is 0 Å². The SMILES string of the molecule is CC(C)CNC(=O)NCCCc1nc(-c2ccccc2)no1. The Balaban J connectivity index is 1.70. The summed E-state index contributed by atoms with van der Waals surface area (Å²) < 4.78 is 5.22. The molecule has 2 amide bonds. The first-order valence-corrected chi connectivity index (χ1v) is 7.55. The Labute approximate surface area is 130 Å². The predicted octanol–water partition coefficient (Wildman–Crippen LogP) is 2.62. The number of carbonyl (C=O) groups is 1. The maximum atomic E-state index is 11.5. The fraction of sp³-hybridized carbons (Fsp3) is 0.438. The molecule has 0 unspecified atom stereocenters. The normalized spacial score (nSPS) is 10.7. The second-order valence-corrected chi connectivity index (χ2v) is 5.51. The number of aromatic nitrogens is 2. The number of hydrogen-bond donors (Lipinski definition) is 2. The lowest BCUT2D eigenvalue weighted by Gasteiger charge is -2.08. The molecule has 1 aromatic heterocycles. The molecule has 22 heavy (non-hydrogen) atoms. The fourth-order valence-electron chi connectivity index (χ4n) is 1.86. The predicted molar refractivity (Wildman–Crippen MR) is 84.3 cm³/mol. The molecule has 0 spiro atoms. The van der Waals surface area contributed by atoms with Crippen LogP contribution < -0.4 is 10.6 Å². The number of aryl methyl sites for hydroxylation is 1. The highest BCUT2D eigenvalue weighted by atomic mass is 16.5. The van der Waals surface area contributed by atoms with Gasteiger partial charge in [-0.2, -0.15) is 4.98 Å². The summed E-state index contributed by atoms with van der Waals surface area (Å²) in [5.41, 5.74) is 0.934. The molecule has 2 N–H and O–H groups in total. The van der Waals surface area contributed by atoms with Crippen LogP contribution in [-0.2, 0) is 6.42 Å². The third kappa shape index (κ3) is 5.20. The number of rotatable bonds is 7. The molecular weight excluding hydrogens is 280 g/mol. The molecule has 1 heterocycles. The first-order valence-electron chi connectivity index (χ1n) is 7.55. The fourth-order valence-corrected chi connectivity index (χ4v) is 1.86. The molecular formula is C16H22N4O2. The van der Waals surface area contributed by atoms with Crippen LogP contribution in [0.2, 0.25) is 0 Å². The number of hydrogen-bond acceptors (Lipinski definition) is 4. The number of amides is 2. The molecule has 0 atom stereocenters. The van der Waals surface area contributed by atoms with Gasteiger partial charge >= 0.3 is 6.03 Å². The van der Waals surface area contributed by atoms with Gasteiger partial charge in [0.15, 0.2) is 0 Å². The van der Waals surface area contributed by atoms with E-state index in [0.29, 0.717) is 37.1 Å². The number of nitrogens with zero attached hydrogens (tertiary/aromatic N) is 2. The third-order valence-electron chi connectivity index (χ3n) is 3.02. The van der Waals surface area contributed by atoms with E-state index < -0.39 is 0 Å². The van der Waals surface area contributed by atoms with Crippen molar-refractivity contribution in [3.63, 3.8) is 0 Å². The Morgan fingerprint density at radius 3 is 2.73 bits per heavy atom. The van der Waals surface area contributed by atoms with Crippen LogP contribution in [0.4, 0.5) is 4.79 Å². The highest BCUT2D eigenvalue weighted by Gasteiger charge is 2.08. The molecule has 0 saturated heterocycles.